The molecule has 0 bridgehead atoms. The Labute approximate surface area is 261 Å². The van der Waals surface area contributed by atoms with E-state index in [1.807, 2.05) is 0 Å². The summed E-state index contributed by atoms with van der Waals surface area (Å²) in [7, 11) is 0. The molecule has 0 spiro atoms. The number of rotatable bonds is 13. The van der Waals surface area contributed by atoms with Crippen molar-refractivity contribution in [1.29, 1.82) is 0 Å². The molecule has 0 heterocycles. The first-order valence-electron chi connectivity index (χ1n) is 10.7. The zero-order chi connectivity index (χ0) is 25.5. The standard InChI is InChI=1S/C24H27Br7O3/c1-4-5-32-17(11-26)13-34-23-20(30)8-15(9-21(23)31)24(2,3)14-6-18(28)22(19(29)7-14)33-12-16(27)10-25/h6-9,16-17H,4-5,10-13H2,1-3H3. The summed E-state index contributed by atoms with van der Waals surface area (Å²) >= 11 is 25.4. The molecule has 10 heteroatoms. The van der Waals surface area contributed by atoms with Crippen molar-refractivity contribution in [3.05, 3.63) is 53.3 Å². The van der Waals surface area contributed by atoms with E-state index in [0.29, 0.717) is 13.2 Å². The topological polar surface area (TPSA) is 27.7 Å². The van der Waals surface area contributed by atoms with E-state index in [0.717, 1.165) is 64.2 Å². The molecule has 2 aromatic carbocycles. The second-order valence-corrected chi connectivity index (χ2v) is 14.2. The fourth-order valence-electron chi connectivity index (χ4n) is 3.10. The molecule has 0 saturated carbocycles. The molecule has 0 radical (unpaired) electrons. The van der Waals surface area contributed by atoms with Crippen LogP contribution in [0.2, 0.25) is 0 Å². The van der Waals surface area contributed by atoms with Crippen molar-refractivity contribution in [3.63, 3.8) is 0 Å². The fraction of sp³-hybridized carbons (Fsp3) is 0.500. The average molecular weight is 923 g/mol. The summed E-state index contributed by atoms with van der Waals surface area (Å²) in [5.41, 5.74) is 2.02. The Bertz CT molecular complexity index is 906. The summed E-state index contributed by atoms with van der Waals surface area (Å²) in [6, 6.07) is 8.48. The molecular weight excluding hydrogens is 896 g/mol. The number of hydrogen-bond acceptors (Lipinski definition) is 3. The molecule has 0 fully saturated rings. The molecule has 2 unspecified atom stereocenters. The predicted molar refractivity (Wildman–Crippen MR) is 167 cm³/mol. The second-order valence-electron chi connectivity index (χ2n) is 8.18. The SMILES string of the molecule is CCCOC(CBr)COc1c(Br)cc(C(C)(C)c2cc(Br)c(OCC(Br)CBr)c(Br)c2)cc1Br. The van der Waals surface area contributed by atoms with Crippen LogP contribution < -0.4 is 9.47 Å². The van der Waals surface area contributed by atoms with Crippen molar-refractivity contribution in [3.8, 4) is 11.5 Å². The van der Waals surface area contributed by atoms with Gasteiger partial charge in [0.2, 0.25) is 0 Å². The number of ether oxygens (including phenoxy) is 3. The molecule has 190 valence electrons. The summed E-state index contributed by atoms with van der Waals surface area (Å²) in [6.45, 7) is 8.26. The molecule has 0 amide bonds. The van der Waals surface area contributed by atoms with Crippen LogP contribution in [-0.4, -0.2) is 41.4 Å². The van der Waals surface area contributed by atoms with E-state index in [-0.39, 0.29) is 16.3 Å². The van der Waals surface area contributed by atoms with Gasteiger partial charge in [-0.05, 0) is 106 Å². The van der Waals surface area contributed by atoms with E-state index in [2.05, 4.69) is 157 Å². The highest BCUT2D eigenvalue weighted by Gasteiger charge is 2.27. The zero-order valence-corrected chi connectivity index (χ0v) is 30.2. The fourth-order valence-corrected chi connectivity index (χ4v) is 6.62. The molecule has 0 aliphatic rings. The molecule has 34 heavy (non-hydrogen) atoms. The van der Waals surface area contributed by atoms with E-state index >= 15 is 0 Å². The molecule has 2 rings (SSSR count). The van der Waals surface area contributed by atoms with Crippen molar-refractivity contribution in [1.82, 2.24) is 0 Å². The maximum Gasteiger partial charge on any atom is 0.147 e. The third-order valence-electron chi connectivity index (χ3n) is 5.16. The molecule has 2 aromatic rings. The van der Waals surface area contributed by atoms with Crippen LogP contribution in [0.15, 0.2) is 42.2 Å². The molecule has 0 N–H and O–H groups in total. The van der Waals surface area contributed by atoms with E-state index in [1.165, 1.54) is 0 Å². The lowest BCUT2D eigenvalue weighted by Gasteiger charge is -2.28. The Morgan fingerprint density at radius 1 is 0.765 bits per heavy atom. The maximum absolute atomic E-state index is 6.11. The van der Waals surface area contributed by atoms with Crippen molar-refractivity contribution in [2.75, 3.05) is 30.5 Å². The summed E-state index contributed by atoms with van der Waals surface area (Å²) in [4.78, 5) is 0.237. The number of benzene rings is 2. The molecule has 3 nitrogen and oxygen atoms in total. The van der Waals surface area contributed by atoms with Gasteiger partial charge in [0, 0.05) is 22.7 Å². The summed E-state index contributed by atoms with van der Waals surface area (Å²) in [6.07, 6.45) is 0.980. The van der Waals surface area contributed by atoms with Gasteiger partial charge in [-0.25, -0.2) is 0 Å². The minimum atomic E-state index is -0.274. The first-order valence-corrected chi connectivity index (χ1v) is 17.0. The first kappa shape index (κ1) is 31.6. The number of alkyl halides is 3. The Morgan fingerprint density at radius 3 is 1.59 bits per heavy atom. The predicted octanol–water partition coefficient (Wildman–Crippen LogP) is 10.2. The molecule has 0 aliphatic carbocycles. The second kappa shape index (κ2) is 15.1. The normalized spacial score (nSPS) is 13.6. The van der Waals surface area contributed by atoms with E-state index < -0.39 is 0 Å². The van der Waals surface area contributed by atoms with Crippen molar-refractivity contribution in [2.45, 2.75) is 43.5 Å². The van der Waals surface area contributed by atoms with E-state index in [4.69, 9.17) is 14.2 Å². The number of halogens is 7. The van der Waals surface area contributed by atoms with Crippen LogP contribution in [0.1, 0.15) is 38.3 Å². The largest absolute Gasteiger partial charge is 0.490 e. The van der Waals surface area contributed by atoms with Crippen LogP contribution >= 0.6 is 112 Å². The Kier molecular flexibility index (Phi) is 14.0. The molecular formula is C24H27Br7O3. The maximum atomic E-state index is 6.11. The molecule has 0 aromatic heterocycles. The van der Waals surface area contributed by atoms with E-state index in [1.54, 1.807) is 0 Å². The third kappa shape index (κ3) is 8.70. The van der Waals surface area contributed by atoms with Crippen LogP contribution in [0, 0.1) is 0 Å². The smallest absolute Gasteiger partial charge is 0.147 e. The van der Waals surface area contributed by atoms with E-state index in [9.17, 15) is 0 Å². The summed E-state index contributed by atoms with van der Waals surface area (Å²) in [5, 5.41) is 1.54. The minimum absolute atomic E-state index is 0.000326. The highest BCUT2D eigenvalue weighted by atomic mass is 79.9. The van der Waals surface area contributed by atoms with Crippen molar-refractivity contribution in [2.24, 2.45) is 0 Å². The number of hydrogen-bond donors (Lipinski definition) is 0. The van der Waals surface area contributed by atoms with Gasteiger partial charge in [-0.2, -0.15) is 0 Å². The Morgan fingerprint density at radius 2 is 1.21 bits per heavy atom. The van der Waals surface area contributed by atoms with Crippen molar-refractivity contribution >= 4 is 112 Å². The molecule has 2 atom stereocenters. The Hall–Kier alpha value is 1.36. The molecule has 0 aliphatic heterocycles. The Balaban J connectivity index is 2.27. The minimum Gasteiger partial charge on any atom is -0.490 e. The van der Waals surface area contributed by atoms with Gasteiger partial charge in [0.05, 0.1) is 22.7 Å². The van der Waals surface area contributed by atoms with Crippen LogP contribution in [0.25, 0.3) is 0 Å². The third-order valence-corrected chi connectivity index (χ3v) is 10.5. The highest BCUT2D eigenvalue weighted by Crippen LogP contribution is 2.44. The van der Waals surface area contributed by atoms with Gasteiger partial charge in [-0.3, -0.25) is 0 Å². The zero-order valence-electron chi connectivity index (χ0n) is 19.1. The van der Waals surface area contributed by atoms with Crippen LogP contribution in [-0.2, 0) is 10.2 Å². The van der Waals surface area contributed by atoms with Gasteiger partial charge in [0.25, 0.3) is 0 Å². The quantitative estimate of drug-likeness (QED) is 0.188. The van der Waals surface area contributed by atoms with Crippen molar-refractivity contribution < 1.29 is 14.2 Å². The monoisotopic (exact) mass is 916 g/mol. The lowest BCUT2D eigenvalue weighted by atomic mass is 9.78. The lowest BCUT2D eigenvalue weighted by Crippen LogP contribution is -2.24. The lowest BCUT2D eigenvalue weighted by molar-refractivity contribution is 0.0361. The van der Waals surface area contributed by atoms with Gasteiger partial charge in [-0.1, -0.05) is 68.6 Å². The summed E-state index contributed by atoms with van der Waals surface area (Å²) in [5.74, 6) is 1.57. The first-order chi connectivity index (χ1) is 16.0. The van der Waals surface area contributed by atoms with Crippen LogP contribution in [0.4, 0.5) is 0 Å². The van der Waals surface area contributed by atoms with Gasteiger partial charge in [-0.15, -0.1) is 0 Å². The van der Waals surface area contributed by atoms with Gasteiger partial charge in [0.1, 0.15) is 30.8 Å². The van der Waals surface area contributed by atoms with Crippen LogP contribution in [0.5, 0.6) is 11.5 Å². The average Bonchev–Trinajstić information content (AvgIpc) is 2.79. The summed E-state index contributed by atoms with van der Waals surface area (Å²) < 4.78 is 21.5. The highest BCUT2D eigenvalue weighted by molar-refractivity contribution is 9.12. The van der Waals surface area contributed by atoms with Gasteiger partial charge < -0.3 is 14.2 Å². The molecule has 0 saturated heterocycles. The van der Waals surface area contributed by atoms with Crippen LogP contribution in [0.3, 0.4) is 0 Å². The van der Waals surface area contributed by atoms with Gasteiger partial charge >= 0.3 is 0 Å². The van der Waals surface area contributed by atoms with Gasteiger partial charge in [0.15, 0.2) is 0 Å².